The minimum atomic E-state index is 0.191. The molecule has 0 aliphatic rings. The Balaban J connectivity index is 3.00. The summed E-state index contributed by atoms with van der Waals surface area (Å²) in [5, 5.41) is 9.35. The molecule has 1 aromatic rings. The molecule has 0 atom stereocenters. The van der Waals surface area contributed by atoms with Crippen molar-refractivity contribution in [2.24, 2.45) is 0 Å². The summed E-state index contributed by atoms with van der Waals surface area (Å²) in [6, 6.07) is 5.12. The number of hydrogen-bond donors (Lipinski definition) is 1. The molecule has 0 fully saturated rings. The third-order valence-electron chi connectivity index (χ3n) is 1.54. The van der Waals surface area contributed by atoms with Crippen molar-refractivity contribution in [2.45, 2.75) is 12.8 Å². The summed E-state index contributed by atoms with van der Waals surface area (Å²) in [6.07, 6.45) is 0. The Morgan fingerprint density at radius 3 is 2.83 bits per heavy atom. The van der Waals surface area contributed by atoms with E-state index < -0.39 is 0 Å². The van der Waals surface area contributed by atoms with Crippen LogP contribution in [0, 0.1) is 0 Å². The van der Waals surface area contributed by atoms with Gasteiger partial charge >= 0.3 is 0 Å². The molecule has 0 heterocycles. The maximum Gasteiger partial charge on any atom is 0.127 e. The smallest absolute Gasteiger partial charge is 0.127 e. The van der Waals surface area contributed by atoms with Crippen LogP contribution in [0.4, 0.5) is 0 Å². The lowest BCUT2D eigenvalue weighted by molar-refractivity contribution is 0.334. The van der Waals surface area contributed by atoms with Crippen molar-refractivity contribution in [3.05, 3.63) is 23.8 Å². The molecule has 66 valence electrons. The normalized spacial score (nSPS) is 9.83. The highest BCUT2D eigenvalue weighted by atomic mass is 35.5. The predicted octanol–water partition coefficient (Wildman–Crippen LogP) is 2.53. The second kappa shape index (κ2) is 4.21. The van der Waals surface area contributed by atoms with Crippen molar-refractivity contribution < 1.29 is 9.84 Å². The first kappa shape index (κ1) is 9.20. The summed E-state index contributed by atoms with van der Waals surface area (Å²) >= 11 is 5.63. The fourth-order valence-corrected chi connectivity index (χ4v) is 1.25. The number of halogens is 1. The summed E-state index contributed by atoms with van der Waals surface area (Å²) in [5.41, 5.74) is 0.654. The average molecular weight is 187 g/mol. The highest BCUT2D eigenvalue weighted by Crippen LogP contribution is 2.28. The summed E-state index contributed by atoms with van der Waals surface area (Å²) in [6.45, 7) is 2.47. The van der Waals surface area contributed by atoms with Gasteiger partial charge in [-0.1, -0.05) is 6.07 Å². The molecule has 2 nitrogen and oxygen atoms in total. The Morgan fingerprint density at radius 1 is 1.50 bits per heavy atom. The lowest BCUT2D eigenvalue weighted by Gasteiger charge is -2.08. The van der Waals surface area contributed by atoms with E-state index in [1.54, 1.807) is 18.2 Å². The maximum atomic E-state index is 9.35. The number of rotatable bonds is 3. The number of phenolic OH excluding ortho intramolecular Hbond substituents is 1. The molecule has 0 aliphatic heterocycles. The van der Waals surface area contributed by atoms with Gasteiger partial charge in [0.25, 0.3) is 0 Å². The summed E-state index contributed by atoms with van der Waals surface area (Å²) in [4.78, 5) is 0. The molecule has 0 unspecified atom stereocenters. The van der Waals surface area contributed by atoms with Crippen molar-refractivity contribution >= 4 is 11.6 Å². The third-order valence-corrected chi connectivity index (χ3v) is 1.81. The van der Waals surface area contributed by atoms with Gasteiger partial charge < -0.3 is 9.84 Å². The number of hydrogen-bond acceptors (Lipinski definition) is 2. The first-order valence-electron chi connectivity index (χ1n) is 3.79. The van der Waals surface area contributed by atoms with Crippen LogP contribution in [-0.4, -0.2) is 11.7 Å². The van der Waals surface area contributed by atoms with Gasteiger partial charge in [-0.3, -0.25) is 0 Å². The van der Waals surface area contributed by atoms with Gasteiger partial charge in [0.05, 0.1) is 18.1 Å². The SMILES string of the molecule is CCOc1cccc(O)c1CCl. The number of benzene rings is 1. The van der Waals surface area contributed by atoms with E-state index in [0.717, 1.165) is 0 Å². The van der Waals surface area contributed by atoms with Crippen LogP contribution < -0.4 is 4.74 Å². The fraction of sp³-hybridized carbons (Fsp3) is 0.333. The van der Waals surface area contributed by atoms with Crippen LogP contribution in [-0.2, 0) is 5.88 Å². The number of aromatic hydroxyl groups is 1. The first-order chi connectivity index (χ1) is 5.79. The Morgan fingerprint density at radius 2 is 2.25 bits per heavy atom. The number of ether oxygens (including phenoxy) is 1. The van der Waals surface area contributed by atoms with Crippen LogP contribution in [0.5, 0.6) is 11.5 Å². The molecule has 0 aliphatic carbocycles. The molecule has 12 heavy (non-hydrogen) atoms. The molecule has 3 heteroatoms. The molecule has 1 rings (SSSR count). The van der Waals surface area contributed by atoms with Crippen molar-refractivity contribution in [1.82, 2.24) is 0 Å². The van der Waals surface area contributed by atoms with Gasteiger partial charge in [-0.25, -0.2) is 0 Å². The highest BCUT2D eigenvalue weighted by Gasteiger charge is 2.06. The van der Waals surface area contributed by atoms with Crippen LogP contribution in [0.15, 0.2) is 18.2 Å². The van der Waals surface area contributed by atoms with Crippen molar-refractivity contribution in [2.75, 3.05) is 6.61 Å². The molecular weight excluding hydrogens is 176 g/mol. The molecule has 0 radical (unpaired) electrons. The second-order valence-corrected chi connectivity index (χ2v) is 2.59. The van der Waals surface area contributed by atoms with Crippen molar-refractivity contribution in [3.8, 4) is 11.5 Å². The van der Waals surface area contributed by atoms with E-state index in [-0.39, 0.29) is 11.6 Å². The largest absolute Gasteiger partial charge is 0.507 e. The summed E-state index contributed by atoms with van der Waals surface area (Å²) in [5.74, 6) is 1.12. The van der Waals surface area contributed by atoms with E-state index in [0.29, 0.717) is 17.9 Å². The molecule has 1 aromatic carbocycles. The molecule has 1 N–H and O–H groups in total. The van der Waals surface area contributed by atoms with E-state index >= 15 is 0 Å². The Bertz CT molecular complexity index is 261. The maximum absolute atomic E-state index is 9.35. The van der Waals surface area contributed by atoms with E-state index in [1.165, 1.54) is 0 Å². The summed E-state index contributed by atoms with van der Waals surface area (Å²) < 4.78 is 5.26. The third kappa shape index (κ3) is 1.83. The quantitative estimate of drug-likeness (QED) is 0.736. The monoisotopic (exact) mass is 186 g/mol. The summed E-state index contributed by atoms with van der Waals surface area (Å²) in [7, 11) is 0. The van der Waals surface area contributed by atoms with Crippen LogP contribution in [0.1, 0.15) is 12.5 Å². The molecule has 0 amide bonds. The molecular formula is C9H11ClO2. The molecule has 0 saturated heterocycles. The van der Waals surface area contributed by atoms with Gasteiger partial charge in [-0.2, -0.15) is 0 Å². The molecule has 0 aromatic heterocycles. The standard InChI is InChI=1S/C9H11ClO2/c1-2-12-9-5-3-4-8(11)7(9)6-10/h3-5,11H,2,6H2,1H3. The van der Waals surface area contributed by atoms with Gasteiger partial charge in [0, 0.05) is 0 Å². The Labute approximate surface area is 76.7 Å². The first-order valence-corrected chi connectivity index (χ1v) is 4.32. The van der Waals surface area contributed by atoms with Crippen LogP contribution in [0.3, 0.4) is 0 Å². The molecule has 0 spiro atoms. The van der Waals surface area contributed by atoms with E-state index in [4.69, 9.17) is 16.3 Å². The average Bonchev–Trinajstić information content (AvgIpc) is 2.05. The van der Waals surface area contributed by atoms with E-state index in [1.807, 2.05) is 6.92 Å². The van der Waals surface area contributed by atoms with Crippen molar-refractivity contribution in [1.29, 1.82) is 0 Å². The Hall–Kier alpha value is -0.890. The van der Waals surface area contributed by atoms with Crippen LogP contribution in [0.25, 0.3) is 0 Å². The van der Waals surface area contributed by atoms with Gasteiger partial charge in [0.1, 0.15) is 11.5 Å². The highest BCUT2D eigenvalue weighted by molar-refractivity contribution is 6.17. The van der Waals surface area contributed by atoms with Gasteiger partial charge in [0.2, 0.25) is 0 Å². The molecule has 0 saturated carbocycles. The van der Waals surface area contributed by atoms with Crippen molar-refractivity contribution in [3.63, 3.8) is 0 Å². The van der Waals surface area contributed by atoms with Crippen LogP contribution >= 0.6 is 11.6 Å². The lowest BCUT2D eigenvalue weighted by Crippen LogP contribution is -1.95. The predicted molar refractivity (Wildman–Crippen MR) is 48.8 cm³/mol. The topological polar surface area (TPSA) is 29.5 Å². The molecule has 0 bridgehead atoms. The lowest BCUT2D eigenvalue weighted by atomic mass is 10.2. The minimum absolute atomic E-state index is 0.191. The Kier molecular flexibility index (Phi) is 3.23. The second-order valence-electron chi connectivity index (χ2n) is 2.32. The zero-order valence-electron chi connectivity index (χ0n) is 6.88. The number of phenols is 1. The van der Waals surface area contributed by atoms with E-state index in [2.05, 4.69) is 0 Å². The zero-order valence-corrected chi connectivity index (χ0v) is 7.64. The number of alkyl halides is 1. The van der Waals surface area contributed by atoms with Gasteiger partial charge in [0.15, 0.2) is 0 Å². The van der Waals surface area contributed by atoms with Gasteiger partial charge in [-0.05, 0) is 19.1 Å². The fourth-order valence-electron chi connectivity index (χ4n) is 0.979. The zero-order chi connectivity index (χ0) is 8.97. The van der Waals surface area contributed by atoms with Crippen LogP contribution in [0.2, 0.25) is 0 Å². The van der Waals surface area contributed by atoms with Gasteiger partial charge in [-0.15, -0.1) is 11.6 Å². The minimum Gasteiger partial charge on any atom is -0.507 e. The van der Waals surface area contributed by atoms with E-state index in [9.17, 15) is 5.11 Å².